The summed E-state index contributed by atoms with van der Waals surface area (Å²) < 4.78 is 14.2. The van der Waals surface area contributed by atoms with E-state index in [1.165, 1.54) is 35.8 Å². The number of alkyl halides is 1. The van der Waals surface area contributed by atoms with E-state index in [-0.39, 0.29) is 56.2 Å². The molecule has 1 atom stereocenters. The fourth-order valence-corrected chi connectivity index (χ4v) is 3.50. The molecule has 3 rings (SSSR count). The number of carbonyl (C=O) groups is 2. The number of carboxylic acid groups (broad SMARTS) is 1. The van der Waals surface area contributed by atoms with Gasteiger partial charge in [-0.15, -0.1) is 0 Å². The van der Waals surface area contributed by atoms with Crippen LogP contribution in [0.15, 0.2) is 12.1 Å². The molecule has 1 unspecified atom stereocenters. The highest BCUT2D eigenvalue weighted by atomic mass is 19.1. The van der Waals surface area contributed by atoms with Crippen molar-refractivity contribution in [3.63, 3.8) is 0 Å². The lowest BCUT2D eigenvalue weighted by molar-refractivity contribution is -0.384. The predicted octanol–water partition coefficient (Wildman–Crippen LogP) is 1.46. The second-order valence-corrected chi connectivity index (χ2v) is 7.82. The van der Waals surface area contributed by atoms with Gasteiger partial charge in [0.25, 0.3) is 11.6 Å². The Hall–Kier alpha value is -2.95. The Morgan fingerprint density at radius 2 is 1.93 bits per heavy atom. The maximum atomic E-state index is 14.2. The summed E-state index contributed by atoms with van der Waals surface area (Å²) in [5.41, 5.74) is -0.864. The zero-order valence-electron chi connectivity index (χ0n) is 16.2. The van der Waals surface area contributed by atoms with Gasteiger partial charge in [-0.25, -0.2) is 9.18 Å². The predicted molar refractivity (Wildman–Crippen MR) is 101 cm³/mol. The second-order valence-electron chi connectivity index (χ2n) is 7.82. The minimum atomic E-state index is -1.67. The van der Waals surface area contributed by atoms with Gasteiger partial charge in [0.1, 0.15) is 11.9 Å². The van der Waals surface area contributed by atoms with Crippen molar-refractivity contribution >= 4 is 23.4 Å². The number of halogens is 1. The van der Waals surface area contributed by atoms with Gasteiger partial charge in [-0.05, 0) is 25.5 Å². The van der Waals surface area contributed by atoms with Gasteiger partial charge in [0.05, 0.1) is 17.1 Å². The van der Waals surface area contributed by atoms with Crippen molar-refractivity contribution in [2.24, 2.45) is 0 Å². The zero-order valence-corrected chi connectivity index (χ0v) is 16.2. The Morgan fingerprint density at radius 3 is 2.45 bits per heavy atom. The van der Waals surface area contributed by atoms with Crippen LogP contribution in [0.3, 0.4) is 0 Å². The normalized spacial score (nSPS) is 18.1. The molecule has 2 N–H and O–H groups in total. The standard InChI is InChI=1S/C18H23FN4O6/c1-18(2,27)15(19)10-22-9-11-7-14(23(28)29)13(8-12(11)16(22)24)20-3-5-21(6-4-20)17(25)26/h7-8,15,27H,3-6,9-10H2,1-2H3,(H,25,26). The van der Waals surface area contributed by atoms with Gasteiger partial charge in [-0.3, -0.25) is 14.9 Å². The topological polar surface area (TPSA) is 127 Å². The maximum Gasteiger partial charge on any atom is 0.407 e. The number of aliphatic hydroxyl groups is 1. The number of fused-ring (bicyclic) bond motifs is 1. The van der Waals surface area contributed by atoms with Crippen molar-refractivity contribution < 1.29 is 29.1 Å². The van der Waals surface area contributed by atoms with Crippen LogP contribution in [0.5, 0.6) is 0 Å². The van der Waals surface area contributed by atoms with E-state index in [4.69, 9.17) is 5.11 Å². The van der Waals surface area contributed by atoms with E-state index in [9.17, 15) is 29.2 Å². The van der Waals surface area contributed by atoms with Crippen molar-refractivity contribution in [3.8, 4) is 0 Å². The van der Waals surface area contributed by atoms with Crippen LogP contribution in [0, 0.1) is 10.1 Å². The summed E-state index contributed by atoms with van der Waals surface area (Å²) in [5.74, 6) is -0.452. The molecule has 1 saturated heterocycles. The molecule has 2 heterocycles. The summed E-state index contributed by atoms with van der Waals surface area (Å²) in [6, 6.07) is 2.76. The average Bonchev–Trinajstić information content (AvgIpc) is 2.95. The molecule has 158 valence electrons. The van der Waals surface area contributed by atoms with E-state index < -0.39 is 28.7 Å². The van der Waals surface area contributed by atoms with Crippen LogP contribution in [-0.2, 0) is 6.54 Å². The molecule has 0 radical (unpaired) electrons. The molecule has 2 amide bonds. The molecule has 10 nitrogen and oxygen atoms in total. The largest absolute Gasteiger partial charge is 0.465 e. The Bertz CT molecular complexity index is 847. The SMILES string of the molecule is CC(C)(O)C(F)CN1Cc2cc([N+](=O)[O-])c(N3CCN(C(=O)O)CC3)cc2C1=O. The lowest BCUT2D eigenvalue weighted by Crippen LogP contribution is -2.48. The number of nitrogens with zero attached hydrogens (tertiary/aromatic N) is 4. The van der Waals surface area contributed by atoms with E-state index in [1.807, 2.05) is 0 Å². The molecule has 2 aliphatic heterocycles. The third kappa shape index (κ3) is 4.09. The number of hydrogen-bond donors (Lipinski definition) is 2. The highest BCUT2D eigenvalue weighted by Gasteiger charge is 2.37. The van der Waals surface area contributed by atoms with Gasteiger partial charge in [0.15, 0.2) is 0 Å². The summed E-state index contributed by atoms with van der Waals surface area (Å²) in [6.45, 7) is 3.23. The molecule has 29 heavy (non-hydrogen) atoms. The maximum absolute atomic E-state index is 14.2. The molecular weight excluding hydrogens is 387 g/mol. The van der Waals surface area contributed by atoms with Crippen molar-refractivity contribution in [2.45, 2.75) is 32.2 Å². The van der Waals surface area contributed by atoms with Crippen molar-refractivity contribution in [1.29, 1.82) is 0 Å². The first-order chi connectivity index (χ1) is 13.5. The summed E-state index contributed by atoms with van der Waals surface area (Å²) in [4.78, 5) is 39.0. The van der Waals surface area contributed by atoms with E-state index >= 15 is 0 Å². The molecule has 0 saturated carbocycles. The van der Waals surface area contributed by atoms with Crippen LogP contribution in [0.25, 0.3) is 0 Å². The molecule has 0 aliphatic carbocycles. The van der Waals surface area contributed by atoms with Gasteiger partial charge < -0.3 is 24.9 Å². The number of nitro benzene ring substituents is 1. The third-order valence-corrected chi connectivity index (χ3v) is 5.31. The first-order valence-electron chi connectivity index (χ1n) is 9.19. The van der Waals surface area contributed by atoms with Gasteiger partial charge in [0.2, 0.25) is 0 Å². The van der Waals surface area contributed by atoms with Gasteiger partial charge in [-0.2, -0.15) is 0 Å². The van der Waals surface area contributed by atoms with Crippen molar-refractivity contribution in [2.75, 3.05) is 37.6 Å². The van der Waals surface area contributed by atoms with Gasteiger partial charge in [0, 0.05) is 44.4 Å². The number of carbonyl (C=O) groups excluding carboxylic acids is 1. The Kier molecular flexibility index (Phi) is 5.35. The quantitative estimate of drug-likeness (QED) is 0.556. The summed E-state index contributed by atoms with van der Waals surface area (Å²) in [7, 11) is 0. The zero-order chi connectivity index (χ0) is 21.5. The summed E-state index contributed by atoms with van der Waals surface area (Å²) in [5, 5.41) is 30.4. The Labute approximate surface area is 166 Å². The fourth-order valence-electron chi connectivity index (χ4n) is 3.50. The number of rotatable bonds is 5. The number of nitro groups is 1. The number of anilines is 1. The molecule has 1 aromatic carbocycles. The average molecular weight is 410 g/mol. The summed E-state index contributed by atoms with van der Waals surface area (Å²) in [6.07, 6.45) is -2.72. The number of benzene rings is 1. The number of amides is 2. The minimum Gasteiger partial charge on any atom is -0.465 e. The van der Waals surface area contributed by atoms with Crippen LogP contribution in [0.4, 0.5) is 20.6 Å². The third-order valence-electron chi connectivity index (χ3n) is 5.31. The first kappa shape index (κ1) is 20.8. The van der Waals surface area contributed by atoms with Gasteiger partial charge in [-0.1, -0.05) is 0 Å². The van der Waals surface area contributed by atoms with Crippen molar-refractivity contribution in [3.05, 3.63) is 33.4 Å². The second kappa shape index (κ2) is 7.47. The van der Waals surface area contributed by atoms with E-state index in [1.54, 1.807) is 4.90 Å². The molecular formula is C18H23FN4O6. The molecule has 11 heteroatoms. The van der Waals surface area contributed by atoms with E-state index in [0.29, 0.717) is 5.56 Å². The van der Waals surface area contributed by atoms with Gasteiger partial charge >= 0.3 is 6.09 Å². The number of piperazine rings is 1. The van der Waals surface area contributed by atoms with E-state index in [2.05, 4.69) is 0 Å². The molecule has 1 aromatic rings. The lowest BCUT2D eigenvalue weighted by Gasteiger charge is -2.34. The Balaban J connectivity index is 1.86. The molecule has 0 aromatic heterocycles. The first-order valence-corrected chi connectivity index (χ1v) is 9.19. The fraction of sp³-hybridized carbons (Fsp3) is 0.556. The van der Waals surface area contributed by atoms with E-state index in [0.717, 1.165) is 0 Å². The minimum absolute atomic E-state index is 0.0264. The monoisotopic (exact) mass is 410 g/mol. The molecule has 0 spiro atoms. The number of hydrogen-bond acceptors (Lipinski definition) is 6. The Morgan fingerprint density at radius 1 is 1.31 bits per heavy atom. The molecule has 2 aliphatic rings. The summed E-state index contributed by atoms with van der Waals surface area (Å²) >= 11 is 0. The lowest BCUT2D eigenvalue weighted by atomic mass is 10.0. The van der Waals surface area contributed by atoms with Crippen LogP contribution in [0.2, 0.25) is 0 Å². The van der Waals surface area contributed by atoms with Crippen LogP contribution in [-0.4, -0.2) is 81.4 Å². The van der Waals surface area contributed by atoms with Crippen LogP contribution >= 0.6 is 0 Å². The molecule has 0 bridgehead atoms. The highest BCUT2D eigenvalue weighted by molar-refractivity contribution is 6.00. The van der Waals surface area contributed by atoms with Crippen LogP contribution < -0.4 is 4.90 Å². The smallest absolute Gasteiger partial charge is 0.407 e. The van der Waals surface area contributed by atoms with Crippen molar-refractivity contribution in [1.82, 2.24) is 9.80 Å². The highest BCUT2D eigenvalue weighted by Crippen LogP contribution is 2.36. The van der Waals surface area contributed by atoms with Crippen LogP contribution in [0.1, 0.15) is 29.8 Å². The molecule has 1 fully saturated rings.